The molecule has 148 valence electrons. The van der Waals surface area contributed by atoms with Crippen molar-refractivity contribution in [1.82, 2.24) is 5.32 Å². The molecule has 27 heavy (non-hydrogen) atoms. The van der Waals surface area contributed by atoms with E-state index < -0.39 is 15.7 Å². The normalized spacial score (nSPS) is 31.0. The molecule has 2 aliphatic rings. The molecule has 1 amide bonds. The van der Waals surface area contributed by atoms with Crippen LogP contribution in [0.4, 0.5) is 0 Å². The monoisotopic (exact) mass is 437 g/mol. The molecule has 0 radical (unpaired) electrons. The fourth-order valence-electron chi connectivity index (χ4n) is 4.97. The number of halogens is 1. The van der Waals surface area contributed by atoms with Gasteiger partial charge in [0.15, 0.2) is 17.3 Å². The molecule has 6 heteroatoms. The highest BCUT2D eigenvalue weighted by atomic mass is 79.9. The predicted molar refractivity (Wildman–Crippen MR) is 108 cm³/mol. The molecular formula is C21H28BrNO4. The first-order valence-electron chi connectivity index (χ1n) is 9.33. The van der Waals surface area contributed by atoms with Crippen LogP contribution in [0.5, 0.6) is 11.5 Å². The summed E-state index contributed by atoms with van der Waals surface area (Å²) in [7, 11) is 3.21. The van der Waals surface area contributed by atoms with E-state index in [1.165, 1.54) is 0 Å². The number of ether oxygens (including phenoxy) is 2. The number of amides is 1. The lowest BCUT2D eigenvalue weighted by molar-refractivity contribution is -0.135. The lowest BCUT2D eigenvalue weighted by Crippen LogP contribution is -2.51. The Kier molecular flexibility index (Phi) is 5.08. The van der Waals surface area contributed by atoms with Gasteiger partial charge in [-0.1, -0.05) is 42.8 Å². The molecule has 0 unspecified atom stereocenters. The molecule has 1 N–H and O–H groups in total. The molecule has 3 atom stereocenters. The number of carbonyl (C=O) groups is 2. The quantitative estimate of drug-likeness (QED) is 0.691. The summed E-state index contributed by atoms with van der Waals surface area (Å²) >= 11 is 3.56. The number of fused-ring (bicyclic) bond motifs is 2. The van der Waals surface area contributed by atoms with Crippen molar-refractivity contribution in [3.63, 3.8) is 0 Å². The summed E-state index contributed by atoms with van der Waals surface area (Å²) in [5, 5.41) is 3.09. The van der Waals surface area contributed by atoms with Crippen molar-refractivity contribution in [2.45, 2.75) is 44.9 Å². The first-order chi connectivity index (χ1) is 12.7. The SMILES string of the molecule is COc1ccc(CCNC(=O)[C@@]23CC[C@](C)(C(=O)[C@@H]2Br)C3(C)C)cc1OC. The lowest BCUT2D eigenvalue weighted by Gasteiger charge is -2.39. The zero-order chi connectivity index (χ0) is 20.0. The van der Waals surface area contributed by atoms with Gasteiger partial charge in [0.1, 0.15) is 0 Å². The van der Waals surface area contributed by atoms with Crippen LogP contribution in [0.1, 0.15) is 39.2 Å². The van der Waals surface area contributed by atoms with Crippen molar-refractivity contribution in [3.05, 3.63) is 23.8 Å². The minimum atomic E-state index is -0.684. The maximum absolute atomic E-state index is 13.2. The molecule has 5 nitrogen and oxygen atoms in total. The molecule has 2 bridgehead atoms. The van der Waals surface area contributed by atoms with Gasteiger partial charge in [0, 0.05) is 12.0 Å². The van der Waals surface area contributed by atoms with E-state index in [1.807, 2.05) is 25.1 Å². The van der Waals surface area contributed by atoms with Crippen molar-refractivity contribution in [1.29, 1.82) is 0 Å². The summed E-state index contributed by atoms with van der Waals surface area (Å²) in [5.41, 5.74) is -0.449. The van der Waals surface area contributed by atoms with Crippen molar-refractivity contribution in [2.24, 2.45) is 16.2 Å². The first-order valence-corrected chi connectivity index (χ1v) is 10.2. The third kappa shape index (κ3) is 2.63. The number of alkyl halides is 1. The number of benzene rings is 1. The van der Waals surface area contributed by atoms with Gasteiger partial charge in [-0.15, -0.1) is 0 Å². The van der Waals surface area contributed by atoms with Crippen molar-refractivity contribution in [3.8, 4) is 11.5 Å². The summed E-state index contributed by atoms with van der Waals surface area (Å²) in [6, 6.07) is 5.76. The van der Waals surface area contributed by atoms with Gasteiger partial charge < -0.3 is 14.8 Å². The van der Waals surface area contributed by atoms with E-state index in [0.29, 0.717) is 24.5 Å². The summed E-state index contributed by atoms with van der Waals surface area (Å²) in [6.45, 7) is 6.65. The molecule has 3 rings (SSSR count). The lowest BCUT2D eigenvalue weighted by atomic mass is 9.64. The van der Waals surface area contributed by atoms with E-state index in [9.17, 15) is 9.59 Å². The van der Waals surface area contributed by atoms with Gasteiger partial charge in [-0.3, -0.25) is 9.59 Å². The zero-order valence-electron chi connectivity index (χ0n) is 16.6. The topological polar surface area (TPSA) is 64.6 Å². The van der Waals surface area contributed by atoms with Crippen LogP contribution in [0.3, 0.4) is 0 Å². The number of hydrogen-bond donors (Lipinski definition) is 1. The Morgan fingerprint density at radius 2 is 1.85 bits per heavy atom. The van der Waals surface area contributed by atoms with Crippen LogP contribution < -0.4 is 14.8 Å². The van der Waals surface area contributed by atoms with Crippen LogP contribution in [0.2, 0.25) is 0 Å². The van der Waals surface area contributed by atoms with Crippen LogP contribution >= 0.6 is 15.9 Å². The smallest absolute Gasteiger partial charge is 0.228 e. The number of nitrogens with one attached hydrogen (secondary N) is 1. The Morgan fingerprint density at radius 3 is 2.41 bits per heavy atom. The highest BCUT2D eigenvalue weighted by molar-refractivity contribution is 9.10. The Hall–Kier alpha value is -1.56. The fraction of sp³-hybridized carbons (Fsp3) is 0.619. The molecule has 0 heterocycles. The molecule has 1 aromatic carbocycles. The third-order valence-electron chi connectivity index (χ3n) is 7.27. The summed E-state index contributed by atoms with van der Waals surface area (Å²) in [4.78, 5) is 25.6. The molecular weight excluding hydrogens is 410 g/mol. The fourth-order valence-corrected chi connectivity index (χ4v) is 6.48. The van der Waals surface area contributed by atoms with Crippen LogP contribution in [-0.2, 0) is 16.0 Å². The van der Waals surface area contributed by atoms with Crippen LogP contribution in [-0.4, -0.2) is 37.3 Å². The molecule has 0 spiro atoms. The standard InChI is InChI=1S/C21H28BrNO4/c1-19(2)20(3)9-10-21(19,16(22)17(20)24)18(25)23-11-8-13-6-7-14(26-4)15(12-13)27-5/h6-7,12,16H,8-11H2,1-5H3,(H,23,25)/t16-,20+,21+/m0/s1. The van der Waals surface area contributed by atoms with E-state index in [4.69, 9.17) is 9.47 Å². The first kappa shape index (κ1) is 20.2. The van der Waals surface area contributed by atoms with Crippen molar-refractivity contribution < 1.29 is 19.1 Å². The summed E-state index contributed by atoms with van der Waals surface area (Å²) in [6.07, 6.45) is 2.19. The van der Waals surface area contributed by atoms with Gasteiger partial charge in [0.2, 0.25) is 5.91 Å². The number of carbonyl (C=O) groups excluding carboxylic acids is 2. The predicted octanol–water partition coefficient (Wildman–Crippen LogP) is 3.52. The minimum Gasteiger partial charge on any atom is -0.493 e. The Bertz CT molecular complexity index is 777. The Labute approximate surface area is 169 Å². The molecule has 1 aromatic rings. The van der Waals surface area contributed by atoms with Gasteiger partial charge in [-0.25, -0.2) is 0 Å². The van der Waals surface area contributed by atoms with Crippen molar-refractivity contribution >= 4 is 27.6 Å². The second-order valence-corrected chi connectivity index (χ2v) is 9.27. The Morgan fingerprint density at radius 1 is 1.19 bits per heavy atom. The number of methoxy groups -OCH3 is 2. The Balaban J connectivity index is 1.71. The van der Waals surface area contributed by atoms with E-state index in [0.717, 1.165) is 18.4 Å². The third-order valence-corrected chi connectivity index (χ3v) is 8.47. The van der Waals surface area contributed by atoms with E-state index in [1.54, 1.807) is 14.2 Å². The molecule has 0 aromatic heterocycles. The summed E-state index contributed by atoms with van der Waals surface area (Å²) in [5.74, 6) is 1.50. The molecule has 0 aliphatic heterocycles. The number of hydrogen-bond acceptors (Lipinski definition) is 4. The van der Waals surface area contributed by atoms with E-state index >= 15 is 0 Å². The highest BCUT2D eigenvalue weighted by Crippen LogP contribution is 2.72. The maximum atomic E-state index is 13.2. The van der Waals surface area contributed by atoms with Crippen LogP contribution in [0.15, 0.2) is 18.2 Å². The van der Waals surface area contributed by atoms with Gasteiger partial charge in [-0.2, -0.15) is 0 Å². The van der Waals surface area contributed by atoms with Crippen LogP contribution in [0.25, 0.3) is 0 Å². The van der Waals surface area contributed by atoms with Gasteiger partial charge in [0.05, 0.1) is 24.5 Å². The average molecular weight is 438 g/mol. The van der Waals surface area contributed by atoms with Crippen molar-refractivity contribution in [2.75, 3.05) is 20.8 Å². The molecule has 2 saturated carbocycles. The molecule has 2 aliphatic carbocycles. The second kappa shape index (κ2) is 6.80. The van der Waals surface area contributed by atoms with E-state index in [2.05, 4.69) is 35.1 Å². The molecule has 0 saturated heterocycles. The van der Waals surface area contributed by atoms with Crippen LogP contribution in [0, 0.1) is 16.2 Å². The number of rotatable bonds is 6. The average Bonchev–Trinajstić information content (AvgIpc) is 2.93. The van der Waals surface area contributed by atoms with Gasteiger partial charge >= 0.3 is 0 Å². The van der Waals surface area contributed by atoms with Gasteiger partial charge in [0.25, 0.3) is 0 Å². The van der Waals surface area contributed by atoms with E-state index in [-0.39, 0.29) is 17.1 Å². The van der Waals surface area contributed by atoms with Gasteiger partial charge in [-0.05, 0) is 42.4 Å². The molecule has 2 fully saturated rings. The minimum absolute atomic E-state index is 0.0237. The number of ketones is 1. The summed E-state index contributed by atoms with van der Waals surface area (Å²) < 4.78 is 10.6. The highest BCUT2D eigenvalue weighted by Gasteiger charge is 2.76. The second-order valence-electron chi connectivity index (χ2n) is 8.35. The maximum Gasteiger partial charge on any atom is 0.228 e. The largest absolute Gasteiger partial charge is 0.493 e. The zero-order valence-corrected chi connectivity index (χ0v) is 18.2. The number of Topliss-reactive ketones (excluding diaryl/α,β-unsaturated/α-hetero) is 1.